The summed E-state index contributed by atoms with van der Waals surface area (Å²) >= 11 is 3.39. The molecule has 6 heteroatoms. The second-order valence-corrected chi connectivity index (χ2v) is 5.46. The van der Waals surface area contributed by atoms with Gasteiger partial charge >= 0.3 is 0 Å². The Labute approximate surface area is 114 Å². The van der Waals surface area contributed by atoms with Crippen LogP contribution in [0.25, 0.3) is 0 Å². The van der Waals surface area contributed by atoms with Gasteiger partial charge in [0.05, 0.1) is 24.9 Å². The molecular formula is C12H14BrN3O2. The first-order chi connectivity index (χ1) is 8.59. The summed E-state index contributed by atoms with van der Waals surface area (Å²) < 4.78 is 6.02. The monoisotopic (exact) mass is 311 g/mol. The highest BCUT2D eigenvalue weighted by Gasteiger charge is 2.40. The van der Waals surface area contributed by atoms with E-state index in [1.807, 2.05) is 19.1 Å². The highest BCUT2D eigenvalue weighted by molar-refractivity contribution is 9.10. The summed E-state index contributed by atoms with van der Waals surface area (Å²) in [5, 5.41) is 0. The number of fused-ring (bicyclic) bond motifs is 1. The normalized spacial score (nSPS) is 23.9. The van der Waals surface area contributed by atoms with Crippen LogP contribution in [0.4, 0.5) is 11.5 Å². The van der Waals surface area contributed by atoms with Crippen LogP contribution in [-0.4, -0.2) is 43.2 Å². The molecule has 1 atom stereocenters. The molecule has 2 aliphatic heterocycles. The summed E-state index contributed by atoms with van der Waals surface area (Å²) in [5.41, 5.74) is 0.855. The molecule has 1 saturated heterocycles. The van der Waals surface area contributed by atoms with Crippen molar-refractivity contribution in [3.63, 3.8) is 0 Å². The lowest BCUT2D eigenvalue weighted by Gasteiger charge is -2.46. The van der Waals surface area contributed by atoms with Gasteiger partial charge in [0.1, 0.15) is 10.6 Å². The van der Waals surface area contributed by atoms with Gasteiger partial charge in [-0.2, -0.15) is 0 Å². The van der Waals surface area contributed by atoms with Crippen LogP contribution in [0.3, 0.4) is 0 Å². The summed E-state index contributed by atoms with van der Waals surface area (Å²) in [4.78, 5) is 20.5. The number of ether oxygens (including phenoxy) is 1. The second kappa shape index (κ2) is 4.20. The van der Waals surface area contributed by atoms with Gasteiger partial charge < -0.3 is 14.5 Å². The average molecular weight is 312 g/mol. The summed E-state index contributed by atoms with van der Waals surface area (Å²) in [6.45, 7) is 3.24. The van der Waals surface area contributed by atoms with Crippen LogP contribution in [0.15, 0.2) is 16.7 Å². The number of aromatic nitrogens is 1. The largest absolute Gasteiger partial charge is 0.377 e. The molecule has 18 heavy (non-hydrogen) atoms. The molecule has 0 spiro atoms. The molecule has 5 nitrogen and oxygen atoms in total. The average Bonchev–Trinajstić information content (AvgIpc) is 2.29. The smallest absolute Gasteiger partial charge is 0.249 e. The van der Waals surface area contributed by atoms with E-state index in [9.17, 15) is 4.79 Å². The Morgan fingerprint density at radius 3 is 2.78 bits per heavy atom. The van der Waals surface area contributed by atoms with Gasteiger partial charge in [-0.25, -0.2) is 4.98 Å². The van der Waals surface area contributed by atoms with Gasteiger partial charge in [0.15, 0.2) is 5.82 Å². The maximum Gasteiger partial charge on any atom is 0.249 e. The zero-order chi connectivity index (χ0) is 12.9. The molecule has 1 fully saturated rings. The van der Waals surface area contributed by atoms with Gasteiger partial charge in [0, 0.05) is 7.05 Å². The van der Waals surface area contributed by atoms with E-state index in [0.29, 0.717) is 13.2 Å². The lowest BCUT2D eigenvalue weighted by atomic mass is 10.1. The Bertz CT molecular complexity index is 504. The van der Waals surface area contributed by atoms with Gasteiger partial charge in [-0.15, -0.1) is 0 Å². The van der Waals surface area contributed by atoms with E-state index in [2.05, 4.69) is 25.8 Å². The first kappa shape index (κ1) is 11.9. The van der Waals surface area contributed by atoms with E-state index in [1.165, 1.54) is 0 Å². The SMILES string of the molecule is CC1C(=O)N(C)c2ccc(Br)nc2N1C1COC1. The summed E-state index contributed by atoms with van der Waals surface area (Å²) in [7, 11) is 1.79. The van der Waals surface area contributed by atoms with E-state index in [-0.39, 0.29) is 18.0 Å². The van der Waals surface area contributed by atoms with Crippen LogP contribution in [0.1, 0.15) is 6.92 Å². The Morgan fingerprint density at radius 2 is 2.17 bits per heavy atom. The van der Waals surface area contributed by atoms with E-state index in [4.69, 9.17) is 4.74 Å². The van der Waals surface area contributed by atoms with Crippen LogP contribution in [0, 0.1) is 0 Å². The van der Waals surface area contributed by atoms with Crippen molar-refractivity contribution in [3.8, 4) is 0 Å². The van der Waals surface area contributed by atoms with Crippen LogP contribution < -0.4 is 9.80 Å². The fraction of sp³-hybridized carbons (Fsp3) is 0.500. The third-order valence-electron chi connectivity index (χ3n) is 3.55. The van der Waals surface area contributed by atoms with E-state index in [0.717, 1.165) is 16.1 Å². The first-order valence-electron chi connectivity index (χ1n) is 5.90. The Kier molecular flexibility index (Phi) is 2.79. The summed E-state index contributed by atoms with van der Waals surface area (Å²) in [6, 6.07) is 3.83. The third-order valence-corrected chi connectivity index (χ3v) is 3.99. The lowest BCUT2D eigenvalue weighted by Crippen LogP contribution is -2.60. The molecule has 0 saturated carbocycles. The lowest BCUT2D eigenvalue weighted by molar-refractivity contribution is -0.120. The number of hydrogen-bond acceptors (Lipinski definition) is 4. The number of anilines is 2. The number of rotatable bonds is 1. The number of amides is 1. The highest BCUT2D eigenvalue weighted by atomic mass is 79.9. The number of hydrogen-bond donors (Lipinski definition) is 0. The first-order valence-corrected chi connectivity index (χ1v) is 6.69. The molecule has 1 aromatic rings. The van der Waals surface area contributed by atoms with Crippen molar-refractivity contribution in [3.05, 3.63) is 16.7 Å². The molecule has 1 aromatic heterocycles. The minimum atomic E-state index is -0.196. The molecule has 0 aliphatic carbocycles. The highest BCUT2D eigenvalue weighted by Crippen LogP contribution is 2.37. The maximum absolute atomic E-state index is 12.2. The second-order valence-electron chi connectivity index (χ2n) is 4.65. The molecule has 3 rings (SSSR count). The third kappa shape index (κ3) is 1.63. The Hall–Kier alpha value is -1.14. The number of halogens is 1. The number of nitrogens with zero attached hydrogens (tertiary/aromatic N) is 3. The zero-order valence-corrected chi connectivity index (χ0v) is 11.8. The molecule has 0 radical (unpaired) electrons. The van der Waals surface area contributed by atoms with Crippen molar-refractivity contribution < 1.29 is 9.53 Å². The van der Waals surface area contributed by atoms with E-state index < -0.39 is 0 Å². The van der Waals surface area contributed by atoms with Crippen molar-refractivity contribution in [2.45, 2.75) is 19.0 Å². The molecule has 1 amide bonds. The number of carbonyl (C=O) groups excluding carboxylic acids is 1. The molecule has 2 aliphatic rings. The standard InChI is InChI=1S/C12H14BrN3O2/c1-7-12(17)15(2)9-3-4-10(13)14-11(9)16(7)8-5-18-6-8/h3-4,7-8H,5-6H2,1-2H3. The van der Waals surface area contributed by atoms with Crippen molar-refractivity contribution in [1.29, 1.82) is 0 Å². The fourth-order valence-electron chi connectivity index (χ4n) is 2.44. The van der Waals surface area contributed by atoms with E-state index >= 15 is 0 Å². The van der Waals surface area contributed by atoms with Crippen molar-refractivity contribution >= 4 is 33.3 Å². The number of pyridine rings is 1. The van der Waals surface area contributed by atoms with Gasteiger partial charge in [0.25, 0.3) is 0 Å². The molecule has 3 heterocycles. The predicted octanol–water partition coefficient (Wildman–Crippen LogP) is 1.41. The Balaban J connectivity index is 2.11. The molecule has 96 valence electrons. The summed E-state index contributed by atoms with van der Waals surface area (Å²) in [6.07, 6.45) is 0. The fourth-order valence-corrected chi connectivity index (χ4v) is 2.74. The van der Waals surface area contributed by atoms with Gasteiger partial charge in [-0.05, 0) is 35.0 Å². The molecule has 0 bridgehead atoms. The Morgan fingerprint density at radius 1 is 1.44 bits per heavy atom. The predicted molar refractivity (Wildman–Crippen MR) is 71.9 cm³/mol. The molecule has 0 aromatic carbocycles. The van der Waals surface area contributed by atoms with Crippen LogP contribution in [-0.2, 0) is 9.53 Å². The molecule has 1 unspecified atom stereocenters. The molecular weight excluding hydrogens is 298 g/mol. The van der Waals surface area contributed by atoms with Crippen LogP contribution >= 0.6 is 15.9 Å². The topological polar surface area (TPSA) is 45.7 Å². The van der Waals surface area contributed by atoms with Gasteiger partial charge in [0.2, 0.25) is 5.91 Å². The quantitative estimate of drug-likeness (QED) is 0.736. The van der Waals surface area contributed by atoms with Crippen molar-refractivity contribution in [1.82, 2.24) is 4.98 Å². The van der Waals surface area contributed by atoms with Crippen molar-refractivity contribution in [2.24, 2.45) is 0 Å². The van der Waals surface area contributed by atoms with Crippen LogP contribution in [0.5, 0.6) is 0 Å². The summed E-state index contributed by atoms with van der Waals surface area (Å²) in [5.74, 6) is 0.950. The number of likely N-dealkylation sites (N-methyl/N-ethyl adjacent to an activating group) is 1. The van der Waals surface area contributed by atoms with Crippen molar-refractivity contribution in [2.75, 3.05) is 30.1 Å². The van der Waals surface area contributed by atoms with Gasteiger partial charge in [-0.3, -0.25) is 4.79 Å². The van der Waals surface area contributed by atoms with Gasteiger partial charge in [-0.1, -0.05) is 0 Å². The molecule has 0 N–H and O–H groups in total. The van der Waals surface area contributed by atoms with E-state index in [1.54, 1.807) is 11.9 Å². The van der Waals surface area contributed by atoms with Crippen LogP contribution in [0.2, 0.25) is 0 Å². The minimum absolute atomic E-state index is 0.0959. The number of carbonyl (C=O) groups is 1. The minimum Gasteiger partial charge on any atom is -0.377 e. The zero-order valence-electron chi connectivity index (χ0n) is 10.3. The maximum atomic E-state index is 12.2.